The van der Waals surface area contributed by atoms with Gasteiger partial charge in [-0.05, 0) is 58.7 Å². The number of rotatable bonds is 5. The highest BCUT2D eigenvalue weighted by atomic mass is 79.9. The zero-order chi connectivity index (χ0) is 18.7. The van der Waals surface area contributed by atoms with Crippen LogP contribution in [0.4, 0.5) is 17.2 Å². The number of halogens is 2. The Morgan fingerprint density at radius 2 is 2.00 bits per heavy atom. The van der Waals surface area contributed by atoms with Crippen molar-refractivity contribution >= 4 is 44.7 Å². The summed E-state index contributed by atoms with van der Waals surface area (Å²) in [5.41, 5.74) is 1.05. The minimum absolute atomic E-state index is 0.0255. The summed E-state index contributed by atoms with van der Waals surface area (Å²) >= 11 is 9.37. The number of para-hydroxylation sites is 1. The van der Waals surface area contributed by atoms with Gasteiger partial charge in [0.1, 0.15) is 12.1 Å². The van der Waals surface area contributed by atoms with Gasteiger partial charge in [0.15, 0.2) is 0 Å². The molecular weight excluding hydrogens is 424 g/mol. The Morgan fingerprint density at radius 1 is 1.23 bits per heavy atom. The van der Waals surface area contributed by atoms with Crippen LogP contribution in [0.3, 0.4) is 0 Å². The largest absolute Gasteiger partial charge is 0.434 e. The first-order valence-corrected chi connectivity index (χ1v) is 8.57. The lowest BCUT2D eigenvalue weighted by atomic mass is 10.2. The molecule has 0 bridgehead atoms. The van der Waals surface area contributed by atoms with Gasteiger partial charge in [0.2, 0.25) is 5.82 Å². The summed E-state index contributed by atoms with van der Waals surface area (Å²) in [6.45, 7) is 1.81. The number of aromatic nitrogens is 2. The SMILES string of the molecule is Cc1cc(Oc2ncnc(Nc3ccccc3Br)c2[N+](=O)[O-])ccc1Cl. The van der Waals surface area contributed by atoms with Crippen LogP contribution in [0.1, 0.15) is 5.56 Å². The Kier molecular flexibility index (Phi) is 5.34. The zero-order valence-corrected chi connectivity index (χ0v) is 15.8. The standard InChI is InChI=1S/C17H12BrClN4O3/c1-10-8-11(6-7-13(10)19)26-17-15(23(24)25)16(20-9-21-17)22-14-5-3-2-4-12(14)18/h2-9H,1H3,(H,20,21,22). The quantitative estimate of drug-likeness (QED) is 0.412. The van der Waals surface area contributed by atoms with Gasteiger partial charge in [0.05, 0.1) is 10.6 Å². The molecule has 0 radical (unpaired) electrons. The second-order valence-corrected chi connectivity index (χ2v) is 6.51. The van der Waals surface area contributed by atoms with E-state index in [1.807, 2.05) is 19.1 Å². The molecule has 0 atom stereocenters. The molecule has 1 N–H and O–H groups in total. The number of nitrogens with zero attached hydrogens (tertiary/aromatic N) is 3. The van der Waals surface area contributed by atoms with Crippen LogP contribution in [0.5, 0.6) is 11.6 Å². The lowest BCUT2D eigenvalue weighted by Crippen LogP contribution is -2.04. The van der Waals surface area contributed by atoms with Gasteiger partial charge < -0.3 is 10.1 Å². The maximum Gasteiger partial charge on any atom is 0.373 e. The third-order valence-electron chi connectivity index (χ3n) is 3.44. The number of anilines is 2. The van der Waals surface area contributed by atoms with Crippen molar-refractivity contribution in [2.24, 2.45) is 0 Å². The fraction of sp³-hybridized carbons (Fsp3) is 0.0588. The Morgan fingerprint density at radius 3 is 2.69 bits per heavy atom. The predicted molar refractivity (Wildman–Crippen MR) is 102 cm³/mol. The highest BCUT2D eigenvalue weighted by Gasteiger charge is 2.25. The molecule has 0 aliphatic carbocycles. The van der Waals surface area contributed by atoms with E-state index in [2.05, 4.69) is 31.2 Å². The van der Waals surface area contributed by atoms with Crippen molar-refractivity contribution in [1.82, 2.24) is 9.97 Å². The molecule has 26 heavy (non-hydrogen) atoms. The fourth-order valence-electron chi connectivity index (χ4n) is 2.18. The molecule has 0 unspecified atom stereocenters. The number of benzene rings is 2. The predicted octanol–water partition coefficient (Wildman–Crippen LogP) is 5.65. The molecule has 1 heterocycles. The average molecular weight is 436 g/mol. The third-order valence-corrected chi connectivity index (χ3v) is 4.56. The van der Waals surface area contributed by atoms with E-state index in [1.54, 1.807) is 30.3 Å². The smallest absolute Gasteiger partial charge is 0.373 e. The maximum absolute atomic E-state index is 11.6. The van der Waals surface area contributed by atoms with E-state index in [9.17, 15) is 10.1 Å². The van der Waals surface area contributed by atoms with Gasteiger partial charge in [0.25, 0.3) is 0 Å². The van der Waals surface area contributed by atoms with Crippen LogP contribution in [0.15, 0.2) is 53.3 Å². The van der Waals surface area contributed by atoms with Crippen molar-refractivity contribution in [1.29, 1.82) is 0 Å². The summed E-state index contributed by atoms with van der Waals surface area (Å²) in [7, 11) is 0. The minimum Gasteiger partial charge on any atom is -0.434 e. The van der Waals surface area contributed by atoms with Crippen molar-refractivity contribution in [3.63, 3.8) is 0 Å². The molecule has 0 spiro atoms. The molecular formula is C17H12BrClN4O3. The van der Waals surface area contributed by atoms with Gasteiger partial charge in [-0.25, -0.2) is 4.98 Å². The van der Waals surface area contributed by atoms with Gasteiger partial charge in [-0.2, -0.15) is 4.98 Å². The summed E-state index contributed by atoms with van der Waals surface area (Å²) in [4.78, 5) is 18.9. The van der Waals surface area contributed by atoms with E-state index in [4.69, 9.17) is 16.3 Å². The summed E-state index contributed by atoms with van der Waals surface area (Å²) in [6, 6.07) is 12.1. The summed E-state index contributed by atoms with van der Waals surface area (Å²) < 4.78 is 6.35. The van der Waals surface area contributed by atoms with Crippen LogP contribution in [0, 0.1) is 17.0 Å². The Balaban J connectivity index is 1.99. The van der Waals surface area contributed by atoms with E-state index in [0.717, 1.165) is 10.0 Å². The molecule has 1 aromatic heterocycles. The molecule has 0 saturated heterocycles. The number of ether oxygens (including phenoxy) is 1. The van der Waals surface area contributed by atoms with Crippen LogP contribution in [0.25, 0.3) is 0 Å². The van der Waals surface area contributed by atoms with Gasteiger partial charge in [-0.3, -0.25) is 10.1 Å². The topological polar surface area (TPSA) is 90.2 Å². The van der Waals surface area contributed by atoms with Crippen molar-refractivity contribution in [3.8, 4) is 11.6 Å². The van der Waals surface area contributed by atoms with Crippen LogP contribution >= 0.6 is 27.5 Å². The lowest BCUT2D eigenvalue weighted by Gasteiger charge is -2.11. The molecule has 0 amide bonds. The van der Waals surface area contributed by atoms with Gasteiger partial charge >= 0.3 is 11.6 Å². The zero-order valence-electron chi connectivity index (χ0n) is 13.4. The lowest BCUT2D eigenvalue weighted by molar-refractivity contribution is -0.385. The summed E-state index contributed by atoms with van der Waals surface area (Å²) in [5.74, 6) is 0.249. The third kappa shape index (κ3) is 3.92. The van der Waals surface area contributed by atoms with E-state index in [-0.39, 0.29) is 17.4 Å². The first-order valence-electron chi connectivity index (χ1n) is 7.40. The molecule has 0 fully saturated rings. The Bertz CT molecular complexity index is 984. The molecule has 7 nitrogen and oxygen atoms in total. The number of nitrogens with one attached hydrogen (secondary N) is 1. The molecule has 3 rings (SSSR count). The van der Waals surface area contributed by atoms with Gasteiger partial charge in [-0.1, -0.05) is 23.7 Å². The second-order valence-electron chi connectivity index (χ2n) is 5.25. The summed E-state index contributed by atoms with van der Waals surface area (Å²) in [5, 5.41) is 15.1. The van der Waals surface area contributed by atoms with E-state index in [0.29, 0.717) is 16.5 Å². The normalized spacial score (nSPS) is 10.4. The van der Waals surface area contributed by atoms with Crippen molar-refractivity contribution in [2.75, 3.05) is 5.32 Å². The summed E-state index contributed by atoms with van der Waals surface area (Å²) in [6.07, 6.45) is 1.20. The maximum atomic E-state index is 11.6. The van der Waals surface area contributed by atoms with Gasteiger partial charge in [-0.15, -0.1) is 0 Å². The van der Waals surface area contributed by atoms with E-state index < -0.39 is 4.92 Å². The Labute approximate surface area is 162 Å². The monoisotopic (exact) mass is 434 g/mol. The number of nitro groups is 1. The highest BCUT2D eigenvalue weighted by molar-refractivity contribution is 9.10. The number of hydrogen-bond donors (Lipinski definition) is 1. The van der Waals surface area contributed by atoms with Crippen LogP contribution in [-0.2, 0) is 0 Å². The molecule has 0 aliphatic heterocycles. The van der Waals surface area contributed by atoms with Crippen molar-refractivity contribution < 1.29 is 9.66 Å². The number of hydrogen-bond acceptors (Lipinski definition) is 6. The van der Waals surface area contributed by atoms with Crippen LogP contribution < -0.4 is 10.1 Å². The molecule has 0 saturated carbocycles. The molecule has 132 valence electrons. The first-order chi connectivity index (χ1) is 12.5. The Hall–Kier alpha value is -2.71. The molecule has 2 aromatic carbocycles. The molecule has 0 aliphatic rings. The van der Waals surface area contributed by atoms with Gasteiger partial charge in [0, 0.05) is 9.50 Å². The average Bonchev–Trinajstić information content (AvgIpc) is 2.60. The van der Waals surface area contributed by atoms with Crippen LogP contribution in [0.2, 0.25) is 5.02 Å². The first kappa shape index (κ1) is 18.1. The second kappa shape index (κ2) is 7.67. The fourth-order valence-corrected chi connectivity index (χ4v) is 2.68. The molecule has 3 aromatic rings. The van der Waals surface area contributed by atoms with E-state index >= 15 is 0 Å². The number of aryl methyl sites for hydroxylation is 1. The van der Waals surface area contributed by atoms with Crippen LogP contribution in [-0.4, -0.2) is 14.9 Å². The minimum atomic E-state index is -0.586. The van der Waals surface area contributed by atoms with E-state index in [1.165, 1.54) is 6.33 Å². The molecule has 9 heteroatoms. The van der Waals surface area contributed by atoms with Crippen molar-refractivity contribution in [2.45, 2.75) is 6.92 Å². The highest BCUT2D eigenvalue weighted by Crippen LogP contribution is 2.37. The van der Waals surface area contributed by atoms with Crippen molar-refractivity contribution in [3.05, 3.63) is 74.0 Å².